The van der Waals surface area contributed by atoms with Crippen molar-refractivity contribution in [3.8, 4) is 5.75 Å². The summed E-state index contributed by atoms with van der Waals surface area (Å²) in [4.78, 5) is 15.2. The smallest absolute Gasteiger partial charge is 0.150 e. The minimum Gasteiger partial charge on any atom is -0.485 e. The highest BCUT2D eigenvalue weighted by Crippen LogP contribution is 2.27. The summed E-state index contributed by atoms with van der Waals surface area (Å²) in [7, 11) is 0. The standard InChI is InChI=1S/C15H16ClNO2S/c1-15(2,3)13-9-20-14(17-13)8-19-12-5-4-10(7-18)6-11(12)16/h4-7,9H,8H2,1-3H3. The fraction of sp³-hybridized carbons (Fsp3) is 0.333. The van der Waals surface area contributed by atoms with Gasteiger partial charge in [-0.25, -0.2) is 4.98 Å². The van der Waals surface area contributed by atoms with Gasteiger partial charge in [-0.1, -0.05) is 32.4 Å². The van der Waals surface area contributed by atoms with Crippen LogP contribution in [0.2, 0.25) is 5.02 Å². The predicted octanol–water partition coefficient (Wildman–Crippen LogP) is 4.49. The molecule has 1 heterocycles. The van der Waals surface area contributed by atoms with Crippen LogP contribution in [0.15, 0.2) is 23.6 Å². The first-order valence-corrected chi connectivity index (χ1v) is 7.48. The molecule has 0 aliphatic heterocycles. The number of rotatable bonds is 4. The number of halogens is 1. The zero-order valence-corrected chi connectivity index (χ0v) is 13.2. The van der Waals surface area contributed by atoms with Gasteiger partial charge in [-0.05, 0) is 18.2 Å². The number of aromatic nitrogens is 1. The lowest BCUT2D eigenvalue weighted by Crippen LogP contribution is -2.11. The largest absolute Gasteiger partial charge is 0.485 e. The molecule has 0 spiro atoms. The van der Waals surface area contributed by atoms with Crippen LogP contribution in [0.1, 0.15) is 41.8 Å². The Hall–Kier alpha value is -1.39. The minimum atomic E-state index is 0.0397. The summed E-state index contributed by atoms with van der Waals surface area (Å²) in [5.41, 5.74) is 1.63. The number of aldehydes is 1. The van der Waals surface area contributed by atoms with E-state index in [4.69, 9.17) is 16.3 Å². The maximum Gasteiger partial charge on any atom is 0.150 e. The Bertz CT molecular complexity index is 617. The molecule has 0 amide bonds. The van der Waals surface area contributed by atoms with Crippen molar-refractivity contribution in [2.75, 3.05) is 0 Å². The first-order chi connectivity index (χ1) is 9.40. The predicted molar refractivity (Wildman–Crippen MR) is 82.0 cm³/mol. The van der Waals surface area contributed by atoms with E-state index in [0.717, 1.165) is 17.0 Å². The number of hydrogen-bond donors (Lipinski definition) is 0. The zero-order valence-electron chi connectivity index (χ0n) is 11.6. The quantitative estimate of drug-likeness (QED) is 0.781. The van der Waals surface area contributed by atoms with E-state index in [2.05, 4.69) is 31.1 Å². The molecule has 3 nitrogen and oxygen atoms in total. The Morgan fingerprint density at radius 2 is 2.15 bits per heavy atom. The van der Waals surface area contributed by atoms with Crippen LogP contribution in [0.5, 0.6) is 5.75 Å². The summed E-state index contributed by atoms with van der Waals surface area (Å²) in [5, 5.41) is 3.39. The molecule has 0 aliphatic rings. The molecular weight excluding hydrogens is 294 g/mol. The number of carbonyl (C=O) groups excluding carboxylic acids is 1. The molecule has 2 aromatic rings. The van der Waals surface area contributed by atoms with Crippen LogP contribution in [0.3, 0.4) is 0 Å². The Kier molecular flexibility index (Phi) is 4.45. The van der Waals surface area contributed by atoms with Gasteiger partial charge in [-0.3, -0.25) is 4.79 Å². The van der Waals surface area contributed by atoms with Gasteiger partial charge in [0.15, 0.2) is 0 Å². The Morgan fingerprint density at radius 1 is 1.40 bits per heavy atom. The zero-order chi connectivity index (χ0) is 14.8. The van der Waals surface area contributed by atoms with E-state index < -0.39 is 0 Å². The fourth-order valence-corrected chi connectivity index (χ4v) is 2.74. The highest BCUT2D eigenvalue weighted by Gasteiger charge is 2.17. The van der Waals surface area contributed by atoms with Crippen molar-refractivity contribution in [3.05, 3.63) is 44.9 Å². The number of hydrogen-bond acceptors (Lipinski definition) is 4. The lowest BCUT2D eigenvalue weighted by molar-refractivity contribution is 0.112. The molecule has 0 N–H and O–H groups in total. The van der Waals surface area contributed by atoms with Crippen molar-refractivity contribution in [1.82, 2.24) is 4.98 Å². The molecule has 2 rings (SSSR count). The van der Waals surface area contributed by atoms with E-state index >= 15 is 0 Å². The fourth-order valence-electron chi connectivity index (χ4n) is 1.57. The molecule has 20 heavy (non-hydrogen) atoms. The van der Waals surface area contributed by atoms with Gasteiger partial charge in [-0.2, -0.15) is 0 Å². The summed E-state index contributed by atoms with van der Waals surface area (Å²) in [5.74, 6) is 0.560. The van der Waals surface area contributed by atoms with Crippen LogP contribution < -0.4 is 4.74 Å². The molecule has 0 atom stereocenters. The highest BCUT2D eigenvalue weighted by atomic mass is 35.5. The van der Waals surface area contributed by atoms with E-state index in [9.17, 15) is 4.79 Å². The molecule has 1 aromatic heterocycles. The SMILES string of the molecule is CC(C)(C)c1csc(COc2ccc(C=O)cc2Cl)n1. The molecule has 0 radical (unpaired) electrons. The van der Waals surface area contributed by atoms with Gasteiger partial charge in [0.25, 0.3) is 0 Å². The van der Waals surface area contributed by atoms with Crippen LogP contribution in [0, 0.1) is 0 Å². The van der Waals surface area contributed by atoms with E-state index in [0.29, 0.717) is 22.9 Å². The average molecular weight is 310 g/mol. The van der Waals surface area contributed by atoms with Crippen LogP contribution in [-0.4, -0.2) is 11.3 Å². The minimum absolute atomic E-state index is 0.0397. The van der Waals surface area contributed by atoms with E-state index in [1.165, 1.54) is 0 Å². The average Bonchev–Trinajstić information content (AvgIpc) is 2.86. The third-order valence-electron chi connectivity index (χ3n) is 2.76. The van der Waals surface area contributed by atoms with Gasteiger partial charge in [0.2, 0.25) is 0 Å². The Morgan fingerprint density at radius 3 is 2.70 bits per heavy atom. The summed E-state index contributed by atoms with van der Waals surface area (Å²) >= 11 is 7.63. The number of nitrogens with zero attached hydrogens (tertiary/aromatic N) is 1. The summed E-state index contributed by atoms with van der Waals surface area (Å²) in [6, 6.07) is 4.97. The topological polar surface area (TPSA) is 39.2 Å². The Labute approximate surface area is 127 Å². The molecule has 106 valence electrons. The van der Waals surface area contributed by atoms with Gasteiger partial charge >= 0.3 is 0 Å². The molecule has 1 aromatic carbocycles. The first kappa shape index (κ1) is 15.0. The van der Waals surface area contributed by atoms with Crippen molar-refractivity contribution in [2.24, 2.45) is 0 Å². The van der Waals surface area contributed by atoms with Gasteiger partial charge < -0.3 is 4.74 Å². The van der Waals surface area contributed by atoms with Crippen LogP contribution in [0.4, 0.5) is 0 Å². The first-order valence-electron chi connectivity index (χ1n) is 6.22. The van der Waals surface area contributed by atoms with Gasteiger partial charge in [0, 0.05) is 16.4 Å². The lowest BCUT2D eigenvalue weighted by atomic mass is 9.93. The Balaban J connectivity index is 2.05. The van der Waals surface area contributed by atoms with E-state index in [1.807, 2.05) is 0 Å². The number of thiazole rings is 1. The monoisotopic (exact) mass is 309 g/mol. The van der Waals surface area contributed by atoms with Gasteiger partial charge in [-0.15, -0.1) is 11.3 Å². The third kappa shape index (κ3) is 3.58. The third-order valence-corrected chi connectivity index (χ3v) is 3.88. The van der Waals surface area contributed by atoms with Crippen LogP contribution >= 0.6 is 22.9 Å². The molecular formula is C15H16ClNO2S. The molecule has 0 saturated carbocycles. The maximum absolute atomic E-state index is 10.6. The van der Waals surface area contributed by atoms with Crippen molar-refractivity contribution in [2.45, 2.75) is 32.8 Å². The maximum atomic E-state index is 10.6. The van der Waals surface area contributed by atoms with Crippen molar-refractivity contribution < 1.29 is 9.53 Å². The van der Waals surface area contributed by atoms with E-state index in [-0.39, 0.29) is 5.41 Å². The van der Waals surface area contributed by atoms with E-state index in [1.54, 1.807) is 29.5 Å². The van der Waals surface area contributed by atoms with Crippen molar-refractivity contribution in [3.63, 3.8) is 0 Å². The number of ether oxygens (including phenoxy) is 1. The lowest BCUT2D eigenvalue weighted by Gasteiger charge is -2.14. The van der Waals surface area contributed by atoms with Crippen LogP contribution in [0.25, 0.3) is 0 Å². The second-order valence-electron chi connectivity index (χ2n) is 5.47. The molecule has 0 unspecified atom stereocenters. The van der Waals surface area contributed by atoms with Gasteiger partial charge in [0.05, 0.1) is 10.7 Å². The molecule has 0 saturated heterocycles. The molecule has 5 heteroatoms. The molecule has 0 fully saturated rings. The summed E-state index contributed by atoms with van der Waals surface area (Å²) < 4.78 is 5.65. The highest BCUT2D eigenvalue weighted by molar-refractivity contribution is 7.09. The normalized spacial score (nSPS) is 11.4. The number of benzene rings is 1. The summed E-state index contributed by atoms with van der Waals surface area (Å²) in [6.07, 6.45) is 0.756. The second-order valence-corrected chi connectivity index (χ2v) is 6.82. The van der Waals surface area contributed by atoms with Crippen molar-refractivity contribution in [1.29, 1.82) is 0 Å². The molecule has 0 bridgehead atoms. The van der Waals surface area contributed by atoms with Gasteiger partial charge in [0.1, 0.15) is 23.7 Å². The summed E-state index contributed by atoms with van der Waals surface area (Å²) in [6.45, 7) is 6.76. The number of carbonyl (C=O) groups is 1. The molecule has 0 aliphatic carbocycles. The van der Waals surface area contributed by atoms with Crippen LogP contribution in [-0.2, 0) is 12.0 Å². The second kappa shape index (κ2) is 5.94. The van der Waals surface area contributed by atoms with Crippen molar-refractivity contribution >= 4 is 29.2 Å².